The summed E-state index contributed by atoms with van der Waals surface area (Å²) >= 11 is 0. The van der Waals surface area contributed by atoms with Gasteiger partial charge in [-0.2, -0.15) is 5.26 Å². The standard InChI is InChI=1S/C29H39FN2/c1-3-21-32(22-19-25-10-6-4-7-11-25)24(2)18-20-29(23-31,26-12-8-5-9-13-26)27-14-16-28(30)17-15-27/h4,6-7,10-11,14-17,24,26H,3,5,8-9,12-13,18-22H2,1-2H3. The van der Waals surface area contributed by atoms with E-state index >= 15 is 0 Å². The highest BCUT2D eigenvalue weighted by Gasteiger charge is 2.41. The molecule has 2 atom stereocenters. The molecule has 1 saturated carbocycles. The number of halogens is 1. The van der Waals surface area contributed by atoms with E-state index < -0.39 is 5.41 Å². The SMILES string of the molecule is CCCN(CCc1ccccc1)C(C)CCC(C#N)(c1ccc(F)cc1)C1CCCCC1. The number of hydrogen-bond acceptors (Lipinski definition) is 2. The molecule has 32 heavy (non-hydrogen) atoms. The van der Waals surface area contributed by atoms with Crippen molar-refractivity contribution in [3.8, 4) is 6.07 Å². The Hall–Kier alpha value is -2.18. The molecule has 0 aliphatic heterocycles. The molecule has 3 heteroatoms. The zero-order chi connectivity index (χ0) is 22.8. The summed E-state index contributed by atoms with van der Waals surface area (Å²) < 4.78 is 13.7. The van der Waals surface area contributed by atoms with Crippen molar-refractivity contribution in [2.24, 2.45) is 5.92 Å². The molecule has 2 aromatic rings. The van der Waals surface area contributed by atoms with E-state index in [1.165, 1.54) is 37.0 Å². The Balaban J connectivity index is 1.74. The molecule has 2 aromatic carbocycles. The largest absolute Gasteiger partial charge is 0.300 e. The fraction of sp³-hybridized carbons (Fsp3) is 0.552. The molecule has 0 aromatic heterocycles. The lowest BCUT2D eigenvalue weighted by molar-refractivity contribution is 0.173. The summed E-state index contributed by atoms with van der Waals surface area (Å²) in [4.78, 5) is 2.58. The molecule has 0 heterocycles. The number of benzene rings is 2. The van der Waals surface area contributed by atoms with Gasteiger partial charge in [0.1, 0.15) is 5.82 Å². The van der Waals surface area contributed by atoms with Crippen molar-refractivity contribution in [2.75, 3.05) is 13.1 Å². The van der Waals surface area contributed by atoms with Gasteiger partial charge in [-0.25, -0.2) is 4.39 Å². The second kappa shape index (κ2) is 12.2. The van der Waals surface area contributed by atoms with Crippen molar-refractivity contribution in [3.05, 3.63) is 71.5 Å². The van der Waals surface area contributed by atoms with Crippen LogP contribution in [0.3, 0.4) is 0 Å². The van der Waals surface area contributed by atoms with Crippen molar-refractivity contribution >= 4 is 0 Å². The number of nitrogens with zero attached hydrogens (tertiary/aromatic N) is 2. The molecule has 172 valence electrons. The van der Waals surface area contributed by atoms with E-state index in [4.69, 9.17) is 0 Å². The third-order valence-corrected chi connectivity index (χ3v) is 7.48. The molecule has 0 amide bonds. The third kappa shape index (κ3) is 6.20. The average Bonchev–Trinajstić information content (AvgIpc) is 2.84. The lowest BCUT2D eigenvalue weighted by Crippen LogP contribution is -2.40. The minimum Gasteiger partial charge on any atom is -0.300 e. The first-order valence-electron chi connectivity index (χ1n) is 12.5. The van der Waals surface area contributed by atoms with Crippen molar-refractivity contribution in [3.63, 3.8) is 0 Å². The second-order valence-corrected chi connectivity index (χ2v) is 9.58. The van der Waals surface area contributed by atoms with Crippen LogP contribution in [0.15, 0.2) is 54.6 Å². The molecule has 0 radical (unpaired) electrons. The number of rotatable bonds is 11. The zero-order valence-electron chi connectivity index (χ0n) is 19.9. The molecule has 0 spiro atoms. The van der Waals surface area contributed by atoms with Gasteiger partial charge < -0.3 is 4.90 Å². The van der Waals surface area contributed by atoms with E-state index in [1.54, 1.807) is 0 Å². The normalized spacial score (nSPS) is 17.6. The Bertz CT molecular complexity index is 836. The van der Waals surface area contributed by atoms with E-state index in [0.717, 1.165) is 57.2 Å². The summed E-state index contributed by atoms with van der Waals surface area (Å²) in [5.74, 6) is 0.135. The van der Waals surface area contributed by atoms with Crippen LogP contribution in [0, 0.1) is 23.1 Å². The highest BCUT2D eigenvalue weighted by molar-refractivity contribution is 5.34. The molecule has 0 saturated heterocycles. The van der Waals surface area contributed by atoms with Crippen LogP contribution in [-0.4, -0.2) is 24.0 Å². The predicted molar refractivity (Wildman–Crippen MR) is 131 cm³/mol. The van der Waals surface area contributed by atoms with Gasteiger partial charge in [0, 0.05) is 12.6 Å². The Labute approximate surface area is 194 Å². The summed E-state index contributed by atoms with van der Waals surface area (Å²) in [6, 6.07) is 20.6. The molecular formula is C29H39FN2. The summed E-state index contributed by atoms with van der Waals surface area (Å²) in [5.41, 5.74) is 1.87. The molecule has 1 aliphatic carbocycles. The third-order valence-electron chi connectivity index (χ3n) is 7.48. The van der Waals surface area contributed by atoms with Gasteiger partial charge in [0.05, 0.1) is 11.5 Å². The lowest BCUT2D eigenvalue weighted by Gasteiger charge is -2.39. The first kappa shape index (κ1) is 24.5. The van der Waals surface area contributed by atoms with E-state index in [9.17, 15) is 9.65 Å². The molecule has 2 unspecified atom stereocenters. The van der Waals surface area contributed by atoms with Gasteiger partial charge in [0.2, 0.25) is 0 Å². The summed E-state index contributed by atoms with van der Waals surface area (Å²) in [6.07, 6.45) is 9.87. The topological polar surface area (TPSA) is 27.0 Å². The average molecular weight is 435 g/mol. The van der Waals surface area contributed by atoms with Gasteiger partial charge in [-0.1, -0.05) is 68.7 Å². The predicted octanol–water partition coefficient (Wildman–Crippen LogP) is 7.29. The van der Waals surface area contributed by atoms with Crippen LogP contribution in [0.25, 0.3) is 0 Å². The molecule has 1 fully saturated rings. The van der Waals surface area contributed by atoms with Crippen molar-refractivity contribution in [1.82, 2.24) is 4.90 Å². The van der Waals surface area contributed by atoms with E-state index in [-0.39, 0.29) is 5.82 Å². The van der Waals surface area contributed by atoms with Crippen LogP contribution in [0.4, 0.5) is 4.39 Å². The van der Waals surface area contributed by atoms with Crippen LogP contribution in [0.2, 0.25) is 0 Å². The quantitative estimate of drug-likeness (QED) is 0.371. The molecule has 1 aliphatic rings. The fourth-order valence-corrected chi connectivity index (χ4v) is 5.51. The maximum Gasteiger partial charge on any atom is 0.123 e. The smallest absolute Gasteiger partial charge is 0.123 e. The zero-order valence-corrected chi connectivity index (χ0v) is 19.9. The van der Waals surface area contributed by atoms with Crippen LogP contribution in [-0.2, 0) is 11.8 Å². The van der Waals surface area contributed by atoms with Gasteiger partial charge in [0.25, 0.3) is 0 Å². The van der Waals surface area contributed by atoms with Gasteiger partial charge in [0.15, 0.2) is 0 Å². The molecule has 0 N–H and O–H groups in total. The molecule has 2 nitrogen and oxygen atoms in total. The van der Waals surface area contributed by atoms with Crippen molar-refractivity contribution < 1.29 is 4.39 Å². The number of hydrogen-bond donors (Lipinski definition) is 0. The first-order valence-corrected chi connectivity index (χ1v) is 12.5. The highest BCUT2D eigenvalue weighted by atomic mass is 19.1. The molecular weight excluding hydrogens is 395 g/mol. The lowest BCUT2D eigenvalue weighted by atomic mass is 9.63. The van der Waals surface area contributed by atoms with Crippen LogP contribution in [0.1, 0.15) is 76.3 Å². The minimum atomic E-state index is -0.514. The summed E-state index contributed by atoms with van der Waals surface area (Å²) in [7, 11) is 0. The fourth-order valence-electron chi connectivity index (χ4n) is 5.51. The van der Waals surface area contributed by atoms with Gasteiger partial charge in [-0.3, -0.25) is 0 Å². The number of nitriles is 1. The molecule has 3 rings (SSSR count). The Morgan fingerprint density at radius 1 is 1.03 bits per heavy atom. The van der Waals surface area contributed by atoms with E-state index in [1.807, 2.05) is 12.1 Å². The molecule has 0 bridgehead atoms. The van der Waals surface area contributed by atoms with Crippen LogP contribution >= 0.6 is 0 Å². The summed E-state index contributed by atoms with van der Waals surface area (Å²) in [5, 5.41) is 10.5. The van der Waals surface area contributed by atoms with E-state index in [2.05, 4.69) is 55.1 Å². The van der Waals surface area contributed by atoms with Gasteiger partial charge >= 0.3 is 0 Å². The maximum atomic E-state index is 13.7. The Morgan fingerprint density at radius 3 is 2.34 bits per heavy atom. The van der Waals surface area contributed by atoms with Crippen molar-refractivity contribution in [2.45, 2.75) is 83.1 Å². The monoisotopic (exact) mass is 434 g/mol. The van der Waals surface area contributed by atoms with Gasteiger partial charge in [-0.05, 0) is 81.2 Å². The maximum absolute atomic E-state index is 13.7. The minimum absolute atomic E-state index is 0.229. The Morgan fingerprint density at radius 2 is 1.72 bits per heavy atom. The highest BCUT2D eigenvalue weighted by Crippen LogP contribution is 2.44. The van der Waals surface area contributed by atoms with Crippen LogP contribution in [0.5, 0.6) is 0 Å². The van der Waals surface area contributed by atoms with Gasteiger partial charge in [-0.15, -0.1) is 0 Å². The summed E-state index contributed by atoms with van der Waals surface area (Å²) in [6.45, 7) is 6.67. The first-order chi connectivity index (χ1) is 15.6. The van der Waals surface area contributed by atoms with Crippen molar-refractivity contribution in [1.29, 1.82) is 5.26 Å². The Kier molecular flexibility index (Phi) is 9.30. The second-order valence-electron chi connectivity index (χ2n) is 9.58. The van der Waals surface area contributed by atoms with Crippen LogP contribution < -0.4 is 0 Å². The van der Waals surface area contributed by atoms with E-state index in [0.29, 0.717) is 12.0 Å².